The van der Waals surface area contributed by atoms with E-state index in [2.05, 4.69) is 10.6 Å². The predicted octanol–water partition coefficient (Wildman–Crippen LogP) is 2.65. The van der Waals surface area contributed by atoms with Crippen molar-refractivity contribution in [1.29, 1.82) is 5.26 Å². The summed E-state index contributed by atoms with van der Waals surface area (Å²) < 4.78 is 10.5. The lowest BCUT2D eigenvalue weighted by atomic mass is 10.1. The van der Waals surface area contributed by atoms with Gasteiger partial charge in [0.2, 0.25) is 11.8 Å². The SMILES string of the molecule is COc1ccc(CCNC(=O)CCC(=O)Nc2ccc(C#N)cc2)cc1OC. The summed E-state index contributed by atoms with van der Waals surface area (Å²) in [4.78, 5) is 23.8. The highest BCUT2D eigenvalue weighted by Crippen LogP contribution is 2.27. The molecule has 2 N–H and O–H groups in total. The Morgan fingerprint density at radius 2 is 1.64 bits per heavy atom. The van der Waals surface area contributed by atoms with Crippen LogP contribution in [0.4, 0.5) is 5.69 Å². The molecule has 7 nitrogen and oxygen atoms in total. The van der Waals surface area contributed by atoms with Gasteiger partial charge in [-0.2, -0.15) is 5.26 Å². The molecule has 0 saturated carbocycles. The minimum atomic E-state index is -0.250. The topological polar surface area (TPSA) is 100 Å². The first-order valence-corrected chi connectivity index (χ1v) is 8.83. The van der Waals surface area contributed by atoms with Crippen molar-refractivity contribution >= 4 is 17.5 Å². The van der Waals surface area contributed by atoms with Gasteiger partial charge in [-0.05, 0) is 48.4 Å². The van der Waals surface area contributed by atoms with E-state index in [0.29, 0.717) is 35.7 Å². The van der Waals surface area contributed by atoms with Gasteiger partial charge in [-0.15, -0.1) is 0 Å². The minimum absolute atomic E-state index is 0.0855. The van der Waals surface area contributed by atoms with Gasteiger partial charge in [-0.1, -0.05) is 6.07 Å². The number of nitrogens with zero attached hydrogens (tertiary/aromatic N) is 1. The zero-order chi connectivity index (χ0) is 20.4. The Hall–Kier alpha value is -3.53. The molecule has 2 aromatic rings. The highest BCUT2D eigenvalue weighted by atomic mass is 16.5. The van der Waals surface area contributed by atoms with E-state index in [1.54, 1.807) is 38.5 Å². The molecule has 0 unspecified atom stereocenters. The molecule has 0 saturated heterocycles. The maximum atomic E-state index is 11.9. The Kier molecular flexibility index (Phi) is 7.85. The lowest BCUT2D eigenvalue weighted by molar-refractivity contribution is -0.124. The zero-order valence-corrected chi connectivity index (χ0v) is 16.0. The van der Waals surface area contributed by atoms with Crippen LogP contribution < -0.4 is 20.1 Å². The zero-order valence-electron chi connectivity index (χ0n) is 16.0. The Morgan fingerprint density at radius 1 is 0.964 bits per heavy atom. The fraction of sp³-hybridized carbons (Fsp3) is 0.286. The van der Waals surface area contributed by atoms with Crippen LogP contribution >= 0.6 is 0 Å². The number of hydrogen-bond donors (Lipinski definition) is 2. The molecule has 0 bridgehead atoms. The van der Waals surface area contributed by atoms with E-state index < -0.39 is 0 Å². The molecule has 0 aliphatic heterocycles. The first-order chi connectivity index (χ1) is 13.5. The first-order valence-electron chi connectivity index (χ1n) is 8.83. The summed E-state index contributed by atoms with van der Waals surface area (Å²) in [5.41, 5.74) is 2.13. The van der Waals surface area contributed by atoms with Crippen LogP contribution in [0.2, 0.25) is 0 Å². The van der Waals surface area contributed by atoms with E-state index >= 15 is 0 Å². The standard InChI is InChI=1S/C21H23N3O4/c1-27-18-8-5-15(13-19(18)28-2)11-12-23-20(25)9-10-21(26)24-17-6-3-16(14-22)4-7-17/h3-8,13H,9-12H2,1-2H3,(H,23,25)(H,24,26). The summed E-state index contributed by atoms with van der Waals surface area (Å²) >= 11 is 0. The van der Waals surface area contributed by atoms with Crippen molar-refractivity contribution in [3.05, 3.63) is 53.6 Å². The number of carbonyl (C=O) groups is 2. The molecule has 0 aliphatic rings. The molecule has 0 spiro atoms. The summed E-state index contributed by atoms with van der Waals surface area (Å²) in [6.07, 6.45) is 0.833. The van der Waals surface area contributed by atoms with E-state index in [9.17, 15) is 9.59 Å². The van der Waals surface area contributed by atoms with Gasteiger partial charge < -0.3 is 20.1 Å². The predicted molar refractivity (Wildman–Crippen MR) is 105 cm³/mol. The Morgan fingerprint density at radius 3 is 2.29 bits per heavy atom. The molecule has 2 amide bonds. The van der Waals surface area contributed by atoms with Crippen molar-refractivity contribution in [2.75, 3.05) is 26.1 Å². The summed E-state index contributed by atoms with van der Waals surface area (Å²) in [5, 5.41) is 14.3. The van der Waals surface area contributed by atoms with Gasteiger partial charge in [-0.3, -0.25) is 9.59 Å². The lowest BCUT2D eigenvalue weighted by Crippen LogP contribution is -2.26. The molecular formula is C21H23N3O4. The Balaban J connectivity index is 1.70. The Bertz CT molecular complexity index is 857. The Labute approximate surface area is 164 Å². The number of anilines is 1. The molecular weight excluding hydrogens is 358 g/mol. The average molecular weight is 381 g/mol. The number of methoxy groups -OCH3 is 2. The number of rotatable bonds is 9. The second-order valence-electron chi connectivity index (χ2n) is 6.03. The van der Waals surface area contributed by atoms with Crippen LogP contribution in [0.3, 0.4) is 0 Å². The van der Waals surface area contributed by atoms with Crippen LogP contribution in [0, 0.1) is 11.3 Å². The van der Waals surface area contributed by atoms with E-state index in [0.717, 1.165) is 5.56 Å². The molecule has 0 atom stereocenters. The number of nitrogens with one attached hydrogen (secondary N) is 2. The van der Waals surface area contributed by atoms with Crippen LogP contribution in [0.5, 0.6) is 11.5 Å². The second-order valence-corrected chi connectivity index (χ2v) is 6.03. The third-order valence-corrected chi connectivity index (χ3v) is 4.06. The van der Waals surface area contributed by atoms with E-state index in [1.165, 1.54) is 0 Å². The van der Waals surface area contributed by atoms with Gasteiger partial charge in [0, 0.05) is 25.1 Å². The van der Waals surface area contributed by atoms with Crippen LogP contribution in [0.25, 0.3) is 0 Å². The fourth-order valence-electron chi connectivity index (χ4n) is 2.55. The summed E-state index contributed by atoms with van der Waals surface area (Å²) in [6, 6.07) is 14.2. The average Bonchev–Trinajstić information content (AvgIpc) is 2.72. The van der Waals surface area contributed by atoms with Crippen LogP contribution in [-0.2, 0) is 16.0 Å². The van der Waals surface area contributed by atoms with Crippen molar-refractivity contribution in [3.8, 4) is 17.6 Å². The summed E-state index contributed by atoms with van der Waals surface area (Å²) in [6.45, 7) is 0.464. The third-order valence-electron chi connectivity index (χ3n) is 4.06. The molecule has 0 aromatic heterocycles. The fourth-order valence-corrected chi connectivity index (χ4v) is 2.55. The van der Waals surface area contributed by atoms with Gasteiger partial charge >= 0.3 is 0 Å². The monoisotopic (exact) mass is 381 g/mol. The van der Waals surface area contributed by atoms with Gasteiger partial charge in [0.25, 0.3) is 0 Å². The van der Waals surface area contributed by atoms with Gasteiger partial charge in [0.15, 0.2) is 11.5 Å². The molecule has 0 radical (unpaired) electrons. The largest absolute Gasteiger partial charge is 0.493 e. The lowest BCUT2D eigenvalue weighted by Gasteiger charge is -2.10. The number of amides is 2. The maximum absolute atomic E-state index is 11.9. The summed E-state index contributed by atoms with van der Waals surface area (Å²) in [7, 11) is 3.15. The van der Waals surface area contributed by atoms with Gasteiger partial charge in [-0.25, -0.2) is 0 Å². The van der Waals surface area contributed by atoms with Crippen molar-refractivity contribution in [1.82, 2.24) is 5.32 Å². The van der Waals surface area contributed by atoms with Crippen LogP contribution in [-0.4, -0.2) is 32.6 Å². The molecule has 28 heavy (non-hydrogen) atoms. The number of nitriles is 1. The van der Waals surface area contributed by atoms with Crippen LogP contribution in [0.1, 0.15) is 24.0 Å². The molecule has 0 fully saturated rings. The minimum Gasteiger partial charge on any atom is -0.493 e. The first kappa shape index (κ1) is 20.8. The third kappa shape index (κ3) is 6.32. The number of benzene rings is 2. The quantitative estimate of drug-likeness (QED) is 0.695. The number of hydrogen-bond acceptors (Lipinski definition) is 5. The molecule has 7 heteroatoms. The molecule has 0 heterocycles. The molecule has 2 aromatic carbocycles. The number of ether oxygens (including phenoxy) is 2. The maximum Gasteiger partial charge on any atom is 0.224 e. The van der Waals surface area contributed by atoms with Crippen molar-refractivity contribution in [3.63, 3.8) is 0 Å². The molecule has 0 aliphatic carbocycles. The van der Waals surface area contributed by atoms with E-state index in [4.69, 9.17) is 14.7 Å². The smallest absolute Gasteiger partial charge is 0.224 e. The van der Waals surface area contributed by atoms with E-state index in [-0.39, 0.29) is 24.7 Å². The van der Waals surface area contributed by atoms with Crippen molar-refractivity contribution in [2.45, 2.75) is 19.3 Å². The second kappa shape index (κ2) is 10.6. The highest BCUT2D eigenvalue weighted by Gasteiger charge is 2.08. The van der Waals surface area contributed by atoms with Gasteiger partial charge in [0.1, 0.15) is 0 Å². The van der Waals surface area contributed by atoms with E-state index in [1.807, 2.05) is 24.3 Å². The molecule has 2 rings (SSSR count). The van der Waals surface area contributed by atoms with Crippen molar-refractivity contribution < 1.29 is 19.1 Å². The summed E-state index contributed by atoms with van der Waals surface area (Å²) in [5.74, 6) is 0.865. The highest BCUT2D eigenvalue weighted by molar-refractivity contribution is 5.93. The van der Waals surface area contributed by atoms with Crippen LogP contribution in [0.15, 0.2) is 42.5 Å². The van der Waals surface area contributed by atoms with Gasteiger partial charge in [0.05, 0.1) is 25.9 Å². The normalized spacial score (nSPS) is 9.89. The number of carbonyl (C=O) groups excluding carboxylic acids is 2. The van der Waals surface area contributed by atoms with Crippen molar-refractivity contribution in [2.24, 2.45) is 0 Å². The molecule has 146 valence electrons.